The van der Waals surface area contributed by atoms with Gasteiger partial charge in [0.25, 0.3) is 0 Å². The Bertz CT molecular complexity index is 352. The number of nitrogens with one attached hydrogen (secondary N) is 1. The second-order valence-corrected chi connectivity index (χ2v) is 4.52. The Kier molecular flexibility index (Phi) is 10.3. The van der Waals surface area contributed by atoms with Gasteiger partial charge in [0.15, 0.2) is 0 Å². The molecule has 112 valence electrons. The van der Waals surface area contributed by atoms with Gasteiger partial charge >= 0.3 is 0 Å². The van der Waals surface area contributed by atoms with Crippen LogP contribution in [0.5, 0.6) is 0 Å². The zero-order valence-corrected chi connectivity index (χ0v) is 12.8. The van der Waals surface area contributed by atoms with Crippen LogP contribution in [-0.2, 0) is 4.79 Å². The molecule has 5 nitrogen and oxygen atoms in total. The summed E-state index contributed by atoms with van der Waals surface area (Å²) in [6.45, 7) is 8.30. The highest BCUT2D eigenvalue weighted by molar-refractivity contribution is 5.80. The lowest BCUT2D eigenvalue weighted by Crippen LogP contribution is -2.47. The number of terminal acetylenes is 1. The van der Waals surface area contributed by atoms with Crippen LogP contribution in [0.1, 0.15) is 20.3 Å². The molecule has 1 aliphatic heterocycles. The minimum absolute atomic E-state index is 0.0147. The number of aliphatic imine (C=N–C) groups is 1. The van der Waals surface area contributed by atoms with Crippen LogP contribution in [0, 0.1) is 12.8 Å². The van der Waals surface area contributed by atoms with E-state index in [1.165, 1.54) is 0 Å². The maximum Gasteiger partial charge on any atom is 0.239 e. The van der Waals surface area contributed by atoms with Gasteiger partial charge in [-0.2, -0.15) is 0 Å². The number of hydrogen-bond acceptors (Lipinski definition) is 4. The zero-order valence-electron chi connectivity index (χ0n) is 12.8. The summed E-state index contributed by atoms with van der Waals surface area (Å²) in [5, 5.41) is 2.83. The molecular formula is C15H26N4O. The van der Waals surface area contributed by atoms with E-state index >= 15 is 0 Å². The Morgan fingerprint density at radius 3 is 2.40 bits per heavy atom. The fraction of sp³-hybridized carbons (Fsp3) is 0.600. The van der Waals surface area contributed by atoms with Crippen molar-refractivity contribution in [3.63, 3.8) is 0 Å². The average Bonchev–Trinajstić information content (AvgIpc) is 2.48. The summed E-state index contributed by atoms with van der Waals surface area (Å²) in [7, 11) is 2.11. The Hall–Kier alpha value is -1.64. The maximum atomic E-state index is 11.8. The van der Waals surface area contributed by atoms with E-state index in [4.69, 9.17) is 0 Å². The lowest BCUT2D eigenvalue weighted by Gasteiger charge is -2.31. The summed E-state index contributed by atoms with van der Waals surface area (Å²) in [6, 6.07) is 0. The van der Waals surface area contributed by atoms with E-state index in [0.717, 1.165) is 32.6 Å². The standard InChI is InChI=1S/C13H24N4O.C2H2/c1-4-6-14-12(5-2)15-13(18)11-17-9-7-16(3)8-10-17;1-2/h5-6H,4,7-11H2,1-3H3,(H,15,18);1-2H/b12-5+,14-6-;. The highest BCUT2D eigenvalue weighted by Crippen LogP contribution is 1.99. The molecule has 0 aromatic heterocycles. The second kappa shape index (κ2) is 11.2. The van der Waals surface area contributed by atoms with Crippen molar-refractivity contribution in [1.29, 1.82) is 0 Å². The Morgan fingerprint density at radius 2 is 1.90 bits per heavy atom. The molecule has 1 heterocycles. The summed E-state index contributed by atoms with van der Waals surface area (Å²) >= 11 is 0. The monoisotopic (exact) mass is 278 g/mol. The Balaban J connectivity index is 0.00000172. The lowest BCUT2D eigenvalue weighted by molar-refractivity contribution is -0.121. The van der Waals surface area contributed by atoms with E-state index in [-0.39, 0.29) is 5.91 Å². The molecule has 0 aliphatic carbocycles. The molecule has 5 heteroatoms. The molecule has 0 spiro atoms. The molecule has 0 saturated carbocycles. The highest BCUT2D eigenvalue weighted by atomic mass is 16.2. The van der Waals surface area contributed by atoms with E-state index in [0.29, 0.717) is 12.4 Å². The van der Waals surface area contributed by atoms with Crippen LogP contribution in [0.3, 0.4) is 0 Å². The van der Waals surface area contributed by atoms with E-state index in [1.54, 1.807) is 6.21 Å². The number of piperazine rings is 1. The summed E-state index contributed by atoms with van der Waals surface area (Å²) in [5.74, 6) is 0.650. The van der Waals surface area contributed by atoms with Crippen LogP contribution in [0.15, 0.2) is 16.9 Å². The molecule has 0 atom stereocenters. The van der Waals surface area contributed by atoms with Crippen LogP contribution in [-0.4, -0.2) is 61.7 Å². The molecule has 1 fully saturated rings. The predicted molar refractivity (Wildman–Crippen MR) is 84.5 cm³/mol. The summed E-state index contributed by atoms with van der Waals surface area (Å²) < 4.78 is 0. The van der Waals surface area contributed by atoms with Crippen molar-refractivity contribution in [3.05, 3.63) is 11.9 Å². The first-order valence-electron chi connectivity index (χ1n) is 6.88. The number of carbonyl (C=O) groups excluding carboxylic acids is 1. The van der Waals surface area contributed by atoms with Crippen molar-refractivity contribution < 1.29 is 4.79 Å². The maximum absolute atomic E-state index is 11.8. The van der Waals surface area contributed by atoms with Crippen LogP contribution in [0.4, 0.5) is 0 Å². The number of hydrogen-bond donors (Lipinski definition) is 1. The molecule has 1 N–H and O–H groups in total. The van der Waals surface area contributed by atoms with Gasteiger partial charge in [-0.3, -0.25) is 9.69 Å². The number of likely N-dealkylation sites (N-methyl/N-ethyl adjacent to an activating group) is 1. The number of amides is 1. The van der Waals surface area contributed by atoms with E-state index in [9.17, 15) is 4.79 Å². The van der Waals surface area contributed by atoms with Gasteiger partial charge in [0.2, 0.25) is 5.91 Å². The minimum atomic E-state index is 0.0147. The van der Waals surface area contributed by atoms with E-state index in [1.807, 2.05) is 19.9 Å². The van der Waals surface area contributed by atoms with Gasteiger partial charge in [0.1, 0.15) is 5.82 Å². The summed E-state index contributed by atoms with van der Waals surface area (Å²) in [5.41, 5.74) is 0. The smallest absolute Gasteiger partial charge is 0.239 e. The molecular weight excluding hydrogens is 252 g/mol. The molecule has 0 bridgehead atoms. The van der Waals surface area contributed by atoms with Crippen molar-refractivity contribution in [1.82, 2.24) is 15.1 Å². The predicted octanol–water partition coefficient (Wildman–Crippen LogP) is 0.942. The van der Waals surface area contributed by atoms with Crippen LogP contribution < -0.4 is 5.32 Å². The fourth-order valence-electron chi connectivity index (χ4n) is 1.76. The quantitative estimate of drug-likeness (QED) is 0.601. The van der Waals surface area contributed by atoms with Crippen molar-refractivity contribution >= 4 is 12.1 Å². The molecule has 0 radical (unpaired) electrons. The van der Waals surface area contributed by atoms with Crippen LogP contribution >= 0.6 is 0 Å². The first-order chi connectivity index (χ1) is 9.65. The minimum Gasteiger partial charge on any atom is -0.310 e. The van der Waals surface area contributed by atoms with E-state index < -0.39 is 0 Å². The first kappa shape index (κ1) is 18.4. The van der Waals surface area contributed by atoms with Gasteiger partial charge in [0.05, 0.1) is 6.54 Å². The Morgan fingerprint density at radius 1 is 1.30 bits per heavy atom. The third-order valence-electron chi connectivity index (χ3n) is 2.92. The van der Waals surface area contributed by atoms with Gasteiger partial charge < -0.3 is 10.2 Å². The molecule has 1 amide bonds. The van der Waals surface area contributed by atoms with Crippen molar-refractivity contribution in [3.8, 4) is 12.8 Å². The summed E-state index contributed by atoms with van der Waals surface area (Å²) in [6.07, 6.45) is 12.5. The molecule has 1 rings (SSSR count). The van der Waals surface area contributed by atoms with Gasteiger partial charge in [-0.05, 0) is 26.5 Å². The molecule has 0 aromatic rings. The summed E-state index contributed by atoms with van der Waals surface area (Å²) in [4.78, 5) is 20.5. The van der Waals surface area contributed by atoms with Crippen molar-refractivity contribution in [2.45, 2.75) is 20.3 Å². The second-order valence-electron chi connectivity index (χ2n) is 4.52. The molecule has 0 unspecified atom stereocenters. The third kappa shape index (κ3) is 7.72. The third-order valence-corrected chi connectivity index (χ3v) is 2.92. The zero-order chi connectivity index (χ0) is 15.4. The average molecular weight is 278 g/mol. The Labute approximate surface area is 122 Å². The molecule has 1 aliphatic rings. The number of allylic oxidation sites excluding steroid dienone is 1. The van der Waals surface area contributed by atoms with Gasteiger partial charge in [-0.1, -0.05) is 6.92 Å². The molecule has 1 saturated heterocycles. The fourth-order valence-corrected chi connectivity index (χ4v) is 1.76. The van der Waals surface area contributed by atoms with Gasteiger partial charge in [-0.25, -0.2) is 4.99 Å². The number of rotatable bonds is 5. The van der Waals surface area contributed by atoms with E-state index in [2.05, 4.69) is 40.0 Å². The molecule has 0 aromatic carbocycles. The lowest BCUT2D eigenvalue weighted by atomic mass is 10.3. The van der Waals surface area contributed by atoms with Crippen LogP contribution in [0.2, 0.25) is 0 Å². The van der Waals surface area contributed by atoms with Gasteiger partial charge in [0, 0.05) is 32.4 Å². The highest BCUT2D eigenvalue weighted by Gasteiger charge is 2.16. The normalized spacial score (nSPS) is 17.6. The van der Waals surface area contributed by atoms with Gasteiger partial charge in [-0.15, -0.1) is 12.8 Å². The first-order valence-corrected chi connectivity index (χ1v) is 6.88. The molecule has 20 heavy (non-hydrogen) atoms. The topological polar surface area (TPSA) is 47.9 Å². The number of nitrogens with zero attached hydrogens (tertiary/aromatic N) is 3. The van der Waals surface area contributed by atoms with Crippen LogP contribution in [0.25, 0.3) is 0 Å². The largest absolute Gasteiger partial charge is 0.310 e. The van der Waals surface area contributed by atoms with Crippen molar-refractivity contribution in [2.75, 3.05) is 39.8 Å². The van der Waals surface area contributed by atoms with Crippen molar-refractivity contribution in [2.24, 2.45) is 4.99 Å². The SMILES string of the molecule is C#C.C/C=C(\N=C/CC)NC(=O)CN1CCN(C)CC1. The number of carbonyl (C=O) groups is 1.